The van der Waals surface area contributed by atoms with Gasteiger partial charge in [0.25, 0.3) is 0 Å². The maximum Gasteiger partial charge on any atom is 0.166 e. The third-order valence-electron chi connectivity index (χ3n) is 4.27. The zero-order chi connectivity index (χ0) is 12.4. The van der Waals surface area contributed by atoms with Gasteiger partial charge < -0.3 is 4.74 Å². The second kappa shape index (κ2) is 5.13. The van der Waals surface area contributed by atoms with E-state index in [-0.39, 0.29) is 5.78 Å². The smallest absolute Gasteiger partial charge is 0.166 e. The van der Waals surface area contributed by atoms with Crippen molar-refractivity contribution >= 4 is 5.78 Å². The molecule has 1 aliphatic heterocycles. The number of Topliss-reactive ketones (excluding diaryl/α,β-unsaturated/α-hetero) is 1. The number of hydrogen-bond donors (Lipinski definition) is 0. The Bertz CT molecular complexity index is 444. The van der Waals surface area contributed by atoms with Crippen LogP contribution in [0.4, 0.5) is 0 Å². The molecule has 18 heavy (non-hydrogen) atoms. The molecule has 2 aliphatic rings. The van der Waals surface area contributed by atoms with Crippen LogP contribution in [0.25, 0.3) is 0 Å². The molecule has 0 bridgehead atoms. The average molecular weight is 244 g/mol. The fourth-order valence-electron chi connectivity index (χ4n) is 3.20. The average Bonchev–Trinajstić information content (AvgIpc) is 3.05. The van der Waals surface area contributed by atoms with E-state index in [0.717, 1.165) is 36.7 Å². The molecule has 2 heteroatoms. The zero-order valence-electron chi connectivity index (χ0n) is 10.8. The monoisotopic (exact) mass is 244 g/mol. The molecular weight excluding hydrogens is 224 g/mol. The fraction of sp³-hybridized carbons (Fsp3) is 0.562. The summed E-state index contributed by atoms with van der Waals surface area (Å²) in [4.78, 5) is 12.3. The number of carbonyl (C=O) groups excluding carboxylic acids is 1. The molecule has 1 aromatic rings. The van der Waals surface area contributed by atoms with E-state index in [1.54, 1.807) is 0 Å². The SMILES string of the molecule is O=C(CCC1CCCC1)c1cccc2c1OCC2. The predicted molar refractivity (Wildman–Crippen MR) is 71.2 cm³/mol. The second-order valence-corrected chi connectivity index (χ2v) is 5.50. The Balaban J connectivity index is 1.67. The molecule has 2 nitrogen and oxygen atoms in total. The third-order valence-corrected chi connectivity index (χ3v) is 4.27. The van der Waals surface area contributed by atoms with Crippen LogP contribution in [-0.4, -0.2) is 12.4 Å². The van der Waals surface area contributed by atoms with Crippen LogP contribution in [0.1, 0.15) is 54.4 Å². The second-order valence-electron chi connectivity index (χ2n) is 5.50. The highest BCUT2D eigenvalue weighted by Crippen LogP contribution is 2.32. The molecule has 0 atom stereocenters. The summed E-state index contributed by atoms with van der Waals surface area (Å²) in [6, 6.07) is 5.97. The molecule has 1 heterocycles. The van der Waals surface area contributed by atoms with Crippen molar-refractivity contribution in [2.24, 2.45) is 5.92 Å². The van der Waals surface area contributed by atoms with Crippen molar-refractivity contribution in [2.45, 2.75) is 44.9 Å². The molecular formula is C16H20O2. The number of para-hydroxylation sites is 1. The summed E-state index contributed by atoms with van der Waals surface area (Å²) in [7, 11) is 0. The van der Waals surface area contributed by atoms with Crippen molar-refractivity contribution in [1.82, 2.24) is 0 Å². The van der Waals surface area contributed by atoms with Crippen LogP contribution in [0.5, 0.6) is 5.75 Å². The molecule has 1 aromatic carbocycles. The highest BCUT2D eigenvalue weighted by molar-refractivity contribution is 5.99. The Morgan fingerprint density at radius 3 is 2.94 bits per heavy atom. The number of fused-ring (bicyclic) bond motifs is 1. The van der Waals surface area contributed by atoms with Gasteiger partial charge in [0.15, 0.2) is 5.78 Å². The van der Waals surface area contributed by atoms with E-state index in [1.807, 2.05) is 12.1 Å². The Hall–Kier alpha value is -1.31. The van der Waals surface area contributed by atoms with Gasteiger partial charge in [-0.05, 0) is 24.0 Å². The highest BCUT2D eigenvalue weighted by atomic mass is 16.5. The van der Waals surface area contributed by atoms with Gasteiger partial charge >= 0.3 is 0 Å². The van der Waals surface area contributed by atoms with Crippen LogP contribution >= 0.6 is 0 Å². The van der Waals surface area contributed by atoms with E-state index < -0.39 is 0 Å². The molecule has 0 spiro atoms. The van der Waals surface area contributed by atoms with Crippen molar-refractivity contribution < 1.29 is 9.53 Å². The lowest BCUT2D eigenvalue weighted by molar-refractivity contribution is 0.0971. The van der Waals surface area contributed by atoms with Crippen molar-refractivity contribution in [1.29, 1.82) is 0 Å². The summed E-state index contributed by atoms with van der Waals surface area (Å²) in [6.45, 7) is 0.724. The summed E-state index contributed by atoms with van der Waals surface area (Å²) in [5.74, 6) is 1.90. The Morgan fingerprint density at radius 1 is 1.28 bits per heavy atom. The number of carbonyl (C=O) groups is 1. The van der Waals surface area contributed by atoms with Crippen LogP contribution in [-0.2, 0) is 6.42 Å². The fourth-order valence-corrected chi connectivity index (χ4v) is 3.20. The quantitative estimate of drug-likeness (QED) is 0.753. The van der Waals surface area contributed by atoms with E-state index in [2.05, 4.69) is 6.07 Å². The molecule has 0 radical (unpaired) electrons. The summed E-state index contributed by atoms with van der Waals surface area (Å²) in [5, 5.41) is 0. The molecule has 1 aliphatic carbocycles. The minimum absolute atomic E-state index is 0.264. The van der Waals surface area contributed by atoms with Gasteiger partial charge in [-0.1, -0.05) is 37.8 Å². The summed E-state index contributed by atoms with van der Waals surface area (Å²) in [6.07, 6.45) is 8.02. The van der Waals surface area contributed by atoms with Crippen LogP contribution in [0.15, 0.2) is 18.2 Å². The molecule has 0 unspecified atom stereocenters. The van der Waals surface area contributed by atoms with Gasteiger partial charge in [-0.25, -0.2) is 0 Å². The molecule has 96 valence electrons. The number of benzene rings is 1. The summed E-state index contributed by atoms with van der Waals surface area (Å²) >= 11 is 0. The van der Waals surface area contributed by atoms with Crippen LogP contribution in [0.2, 0.25) is 0 Å². The molecule has 3 rings (SSSR count). The maximum absolute atomic E-state index is 12.3. The van der Waals surface area contributed by atoms with Gasteiger partial charge in [-0.15, -0.1) is 0 Å². The predicted octanol–water partition coefficient (Wildman–Crippen LogP) is 3.77. The lowest BCUT2D eigenvalue weighted by Gasteiger charge is -2.10. The Labute approximate surface area is 108 Å². The number of ketones is 1. The molecule has 0 amide bonds. The normalized spacial score (nSPS) is 18.7. The number of ether oxygens (including phenoxy) is 1. The summed E-state index contributed by atoms with van der Waals surface area (Å²) < 4.78 is 5.60. The minimum Gasteiger partial charge on any atom is -0.492 e. The molecule has 0 N–H and O–H groups in total. The molecule has 1 fully saturated rings. The van der Waals surface area contributed by atoms with Crippen LogP contribution in [0.3, 0.4) is 0 Å². The van der Waals surface area contributed by atoms with Gasteiger partial charge in [0.2, 0.25) is 0 Å². The van der Waals surface area contributed by atoms with E-state index in [1.165, 1.54) is 31.2 Å². The first kappa shape index (κ1) is 11.8. The van der Waals surface area contributed by atoms with E-state index in [9.17, 15) is 4.79 Å². The standard InChI is InChI=1S/C16H20O2/c17-15(9-8-12-4-1-2-5-12)14-7-3-6-13-10-11-18-16(13)14/h3,6-7,12H,1-2,4-5,8-11H2. The first-order chi connectivity index (χ1) is 8.84. The van der Waals surface area contributed by atoms with Crippen molar-refractivity contribution in [3.05, 3.63) is 29.3 Å². The molecule has 1 saturated carbocycles. The highest BCUT2D eigenvalue weighted by Gasteiger charge is 2.22. The van der Waals surface area contributed by atoms with Crippen LogP contribution < -0.4 is 4.74 Å². The van der Waals surface area contributed by atoms with E-state index in [0.29, 0.717) is 6.42 Å². The zero-order valence-corrected chi connectivity index (χ0v) is 10.8. The third kappa shape index (κ3) is 2.29. The minimum atomic E-state index is 0.264. The van der Waals surface area contributed by atoms with Gasteiger partial charge in [0, 0.05) is 12.8 Å². The van der Waals surface area contributed by atoms with Gasteiger partial charge in [0.1, 0.15) is 5.75 Å². The first-order valence-corrected chi connectivity index (χ1v) is 7.12. The van der Waals surface area contributed by atoms with Gasteiger partial charge in [-0.3, -0.25) is 4.79 Å². The lowest BCUT2D eigenvalue weighted by Crippen LogP contribution is -2.04. The van der Waals surface area contributed by atoms with E-state index in [4.69, 9.17) is 4.74 Å². The lowest BCUT2D eigenvalue weighted by atomic mass is 9.96. The van der Waals surface area contributed by atoms with Gasteiger partial charge in [0.05, 0.1) is 12.2 Å². The summed E-state index contributed by atoms with van der Waals surface area (Å²) in [5.41, 5.74) is 2.00. The van der Waals surface area contributed by atoms with Crippen molar-refractivity contribution in [2.75, 3.05) is 6.61 Å². The van der Waals surface area contributed by atoms with E-state index >= 15 is 0 Å². The maximum atomic E-state index is 12.3. The Morgan fingerprint density at radius 2 is 2.11 bits per heavy atom. The van der Waals surface area contributed by atoms with Crippen LogP contribution in [0, 0.1) is 5.92 Å². The molecule has 0 aromatic heterocycles. The topological polar surface area (TPSA) is 26.3 Å². The van der Waals surface area contributed by atoms with Crippen molar-refractivity contribution in [3.63, 3.8) is 0 Å². The number of hydrogen-bond acceptors (Lipinski definition) is 2. The molecule has 0 saturated heterocycles. The first-order valence-electron chi connectivity index (χ1n) is 7.12. The largest absolute Gasteiger partial charge is 0.492 e. The van der Waals surface area contributed by atoms with Gasteiger partial charge in [-0.2, -0.15) is 0 Å². The van der Waals surface area contributed by atoms with Crippen molar-refractivity contribution in [3.8, 4) is 5.75 Å². The number of rotatable bonds is 4. The Kier molecular flexibility index (Phi) is 3.35.